The van der Waals surface area contributed by atoms with Gasteiger partial charge in [-0.2, -0.15) is 0 Å². The number of carboxylic acids is 1. The second-order valence-electron chi connectivity index (χ2n) is 7.63. The van der Waals surface area contributed by atoms with Gasteiger partial charge in [0.15, 0.2) is 0 Å². The molecule has 0 spiro atoms. The number of pyridine rings is 1. The van der Waals surface area contributed by atoms with E-state index in [9.17, 15) is 4.79 Å². The Bertz CT molecular complexity index is 863. The number of unbranched alkanes of at least 4 members (excludes halogenated alkanes) is 1. The Balaban J connectivity index is 1.79. The molecule has 1 fully saturated rings. The van der Waals surface area contributed by atoms with Gasteiger partial charge in [-0.25, -0.2) is 4.98 Å². The molecule has 0 aliphatic carbocycles. The van der Waals surface area contributed by atoms with Gasteiger partial charge in [-0.15, -0.1) is 0 Å². The van der Waals surface area contributed by atoms with Crippen molar-refractivity contribution >= 4 is 17.6 Å². The summed E-state index contributed by atoms with van der Waals surface area (Å²) in [4.78, 5) is 18.0. The Morgan fingerprint density at radius 3 is 2.62 bits per heavy atom. The SMILES string of the molecule is Cc1ccc(/C(=C/CN2CCCC2)c2cccc(/C=C/CCCC(=O)O)n2)cc1. The first kappa shape index (κ1) is 21.0. The minimum Gasteiger partial charge on any atom is -0.481 e. The summed E-state index contributed by atoms with van der Waals surface area (Å²) in [5, 5.41) is 8.74. The number of benzene rings is 1. The van der Waals surface area contributed by atoms with Crippen molar-refractivity contribution < 1.29 is 9.90 Å². The molecule has 3 rings (SSSR count). The second-order valence-corrected chi connectivity index (χ2v) is 7.63. The molecule has 1 saturated heterocycles. The van der Waals surface area contributed by atoms with E-state index in [0.29, 0.717) is 6.42 Å². The lowest BCUT2D eigenvalue weighted by molar-refractivity contribution is -0.137. The quantitative estimate of drug-likeness (QED) is 0.599. The molecular formula is C25H30N2O2. The van der Waals surface area contributed by atoms with Crippen molar-refractivity contribution in [1.29, 1.82) is 0 Å². The van der Waals surface area contributed by atoms with Gasteiger partial charge in [0.2, 0.25) is 0 Å². The van der Waals surface area contributed by atoms with Crippen LogP contribution in [-0.4, -0.2) is 40.6 Å². The summed E-state index contributed by atoms with van der Waals surface area (Å²) in [6, 6.07) is 14.7. The number of aromatic nitrogens is 1. The monoisotopic (exact) mass is 390 g/mol. The summed E-state index contributed by atoms with van der Waals surface area (Å²) in [6.07, 6.45) is 10.5. The first-order valence-electron chi connectivity index (χ1n) is 10.5. The molecule has 1 aromatic carbocycles. The van der Waals surface area contributed by atoms with Crippen LogP contribution in [0.3, 0.4) is 0 Å². The number of allylic oxidation sites excluding steroid dienone is 1. The third kappa shape index (κ3) is 6.68. The van der Waals surface area contributed by atoms with Gasteiger partial charge in [-0.05, 0) is 69.5 Å². The molecule has 0 radical (unpaired) electrons. The third-order valence-electron chi connectivity index (χ3n) is 5.21. The van der Waals surface area contributed by atoms with Crippen LogP contribution >= 0.6 is 0 Å². The van der Waals surface area contributed by atoms with Gasteiger partial charge in [-0.3, -0.25) is 9.69 Å². The van der Waals surface area contributed by atoms with E-state index in [0.717, 1.165) is 29.9 Å². The van der Waals surface area contributed by atoms with Crippen LogP contribution in [0, 0.1) is 6.92 Å². The van der Waals surface area contributed by atoms with Gasteiger partial charge in [0.05, 0.1) is 11.4 Å². The lowest BCUT2D eigenvalue weighted by Crippen LogP contribution is -2.19. The van der Waals surface area contributed by atoms with Crippen LogP contribution in [0.2, 0.25) is 0 Å². The highest BCUT2D eigenvalue weighted by Crippen LogP contribution is 2.23. The molecule has 0 bridgehead atoms. The zero-order valence-corrected chi connectivity index (χ0v) is 17.2. The molecule has 0 saturated carbocycles. The van der Waals surface area contributed by atoms with Crippen LogP contribution in [0.5, 0.6) is 0 Å². The van der Waals surface area contributed by atoms with Crippen LogP contribution in [0.1, 0.15) is 54.6 Å². The van der Waals surface area contributed by atoms with Crippen molar-refractivity contribution in [1.82, 2.24) is 9.88 Å². The van der Waals surface area contributed by atoms with E-state index in [1.807, 2.05) is 24.3 Å². The molecule has 1 aromatic heterocycles. The van der Waals surface area contributed by atoms with Gasteiger partial charge in [0.1, 0.15) is 0 Å². The van der Waals surface area contributed by atoms with Gasteiger partial charge >= 0.3 is 5.97 Å². The van der Waals surface area contributed by atoms with Gasteiger partial charge < -0.3 is 5.11 Å². The smallest absolute Gasteiger partial charge is 0.303 e. The fourth-order valence-electron chi connectivity index (χ4n) is 3.56. The normalized spacial score (nSPS) is 15.3. The molecule has 1 aliphatic rings. The molecule has 0 atom stereocenters. The summed E-state index contributed by atoms with van der Waals surface area (Å²) < 4.78 is 0. The summed E-state index contributed by atoms with van der Waals surface area (Å²) in [7, 11) is 0. The highest BCUT2D eigenvalue weighted by molar-refractivity contribution is 5.78. The lowest BCUT2D eigenvalue weighted by Gasteiger charge is -2.14. The van der Waals surface area contributed by atoms with Crippen LogP contribution in [0.4, 0.5) is 0 Å². The Hall–Kier alpha value is -2.72. The predicted molar refractivity (Wildman–Crippen MR) is 119 cm³/mol. The number of carbonyl (C=O) groups is 1. The minimum absolute atomic E-state index is 0.203. The van der Waals surface area contributed by atoms with Crippen molar-refractivity contribution in [2.24, 2.45) is 0 Å². The first-order valence-corrected chi connectivity index (χ1v) is 10.5. The van der Waals surface area contributed by atoms with Crippen molar-refractivity contribution in [3.8, 4) is 0 Å². The van der Waals surface area contributed by atoms with E-state index in [2.05, 4.69) is 48.2 Å². The predicted octanol–water partition coefficient (Wildman–Crippen LogP) is 5.19. The maximum absolute atomic E-state index is 10.6. The Labute approximate surface area is 173 Å². The number of rotatable bonds is 9. The average molecular weight is 391 g/mol. The maximum Gasteiger partial charge on any atom is 0.303 e. The molecule has 152 valence electrons. The fraction of sp³-hybridized carbons (Fsp3) is 0.360. The summed E-state index contributed by atoms with van der Waals surface area (Å²) in [5.74, 6) is -0.746. The van der Waals surface area contributed by atoms with Crippen molar-refractivity contribution in [2.45, 2.75) is 39.0 Å². The van der Waals surface area contributed by atoms with E-state index in [-0.39, 0.29) is 6.42 Å². The number of hydrogen-bond donors (Lipinski definition) is 1. The Morgan fingerprint density at radius 2 is 1.90 bits per heavy atom. The Morgan fingerprint density at radius 1 is 1.14 bits per heavy atom. The molecule has 2 aromatic rings. The Kier molecular flexibility index (Phi) is 7.77. The van der Waals surface area contributed by atoms with E-state index >= 15 is 0 Å². The molecule has 0 unspecified atom stereocenters. The highest BCUT2D eigenvalue weighted by atomic mass is 16.4. The zero-order chi connectivity index (χ0) is 20.5. The minimum atomic E-state index is -0.746. The highest BCUT2D eigenvalue weighted by Gasteiger charge is 2.12. The molecule has 0 amide bonds. The van der Waals surface area contributed by atoms with Crippen LogP contribution in [0.15, 0.2) is 54.6 Å². The largest absolute Gasteiger partial charge is 0.481 e. The molecule has 1 N–H and O–H groups in total. The van der Waals surface area contributed by atoms with Gasteiger partial charge in [-0.1, -0.05) is 48.0 Å². The van der Waals surface area contributed by atoms with E-state index < -0.39 is 5.97 Å². The summed E-state index contributed by atoms with van der Waals surface area (Å²) >= 11 is 0. The summed E-state index contributed by atoms with van der Waals surface area (Å²) in [6.45, 7) is 5.39. The number of carboxylic acid groups (broad SMARTS) is 1. The van der Waals surface area contributed by atoms with Crippen molar-refractivity contribution in [3.05, 3.63) is 77.1 Å². The van der Waals surface area contributed by atoms with Crippen LogP contribution < -0.4 is 0 Å². The molecule has 4 nitrogen and oxygen atoms in total. The topological polar surface area (TPSA) is 53.4 Å². The van der Waals surface area contributed by atoms with Crippen molar-refractivity contribution in [2.75, 3.05) is 19.6 Å². The fourth-order valence-corrected chi connectivity index (χ4v) is 3.56. The van der Waals surface area contributed by atoms with E-state index in [1.165, 1.54) is 37.1 Å². The number of aliphatic carboxylic acids is 1. The van der Waals surface area contributed by atoms with Crippen molar-refractivity contribution in [3.63, 3.8) is 0 Å². The average Bonchev–Trinajstić information content (AvgIpc) is 3.23. The third-order valence-corrected chi connectivity index (χ3v) is 5.21. The maximum atomic E-state index is 10.6. The van der Waals surface area contributed by atoms with E-state index in [1.54, 1.807) is 0 Å². The summed E-state index contributed by atoms with van der Waals surface area (Å²) in [5.41, 5.74) is 5.47. The molecular weight excluding hydrogens is 360 g/mol. The zero-order valence-electron chi connectivity index (χ0n) is 17.2. The molecule has 4 heteroatoms. The number of hydrogen-bond acceptors (Lipinski definition) is 3. The van der Waals surface area contributed by atoms with E-state index in [4.69, 9.17) is 10.1 Å². The second kappa shape index (κ2) is 10.7. The molecule has 2 heterocycles. The van der Waals surface area contributed by atoms with Crippen LogP contribution in [-0.2, 0) is 4.79 Å². The molecule has 29 heavy (non-hydrogen) atoms. The number of aryl methyl sites for hydroxylation is 1. The lowest BCUT2D eigenvalue weighted by atomic mass is 10.00. The number of likely N-dealkylation sites (tertiary alicyclic amines) is 1. The molecule has 1 aliphatic heterocycles. The number of nitrogens with zero attached hydrogens (tertiary/aromatic N) is 2. The standard InChI is InChI=1S/C25H30N2O2/c1-20-12-14-21(15-13-20)23(16-19-27-17-5-6-18-27)24-10-7-9-22(26-24)8-3-2-4-11-25(28)29/h3,7-10,12-16H,2,4-6,11,17-19H2,1H3,(H,28,29)/b8-3+,23-16-. The van der Waals surface area contributed by atoms with Crippen LogP contribution in [0.25, 0.3) is 11.6 Å². The first-order chi connectivity index (χ1) is 14.1. The van der Waals surface area contributed by atoms with Gasteiger partial charge in [0, 0.05) is 18.5 Å². The van der Waals surface area contributed by atoms with Gasteiger partial charge in [0.25, 0.3) is 0 Å².